The van der Waals surface area contributed by atoms with Gasteiger partial charge < -0.3 is 0 Å². The summed E-state index contributed by atoms with van der Waals surface area (Å²) in [7, 11) is 0. The van der Waals surface area contributed by atoms with E-state index in [1.807, 2.05) is 6.20 Å². The number of nitrogens with zero attached hydrogens (tertiary/aromatic N) is 1. The fourth-order valence-corrected chi connectivity index (χ4v) is 4.61. The second-order valence-corrected chi connectivity index (χ2v) is 10.0. The summed E-state index contributed by atoms with van der Waals surface area (Å²) in [6, 6.07) is 22.5. The van der Waals surface area contributed by atoms with Crippen LogP contribution in [0.1, 0.15) is 81.5 Å². The van der Waals surface area contributed by atoms with Crippen molar-refractivity contribution in [3.63, 3.8) is 0 Å². The monoisotopic (exact) mass is 421 g/mol. The summed E-state index contributed by atoms with van der Waals surface area (Å²) in [6.45, 7) is 16.0. The van der Waals surface area contributed by atoms with Crippen LogP contribution in [-0.4, -0.2) is 4.98 Å². The van der Waals surface area contributed by atoms with Gasteiger partial charge in [0.1, 0.15) is 0 Å². The molecule has 0 spiro atoms. The van der Waals surface area contributed by atoms with E-state index >= 15 is 0 Å². The van der Waals surface area contributed by atoms with Gasteiger partial charge in [-0.25, -0.2) is 0 Å². The molecule has 0 saturated heterocycles. The van der Waals surface area contributed by atoms with Crippen LogP contribution in [0.2, 0.25) is 0 Å². The molecule has 164 valence electrons. The first-order valence-electron chi connectivity index (χ1n) is 11.9. The SMILES string of the molecule is Cc1cc(-c2cc3ccccc3cn2)cc(-c2c(C(C)C)cc(C(C)C)cc2C(C)C)c1. The molecule has 1 heteroatoms. The van der Waals surface area contributed by atoms with Gasteiger partial charge in [0.05, 0.1) is 5.69 Å². The van der Waals surface area contributed by atoms with Crippen LogP contribution in [0.4, 0.5) is 0 Å². The number of hydrogen-bond acceptors (Lipinski definition) is 1. The number of fused-ring (bicyclic) bond motifs is 1. The summed E-state index contributed by atoms with van der Waals surface area (Å²) in [5.41, 5.74) is 10.5. The van der Waals surface area contributed by atoms with Gasteiger partial charge in [-0.2, -0.15) is 0 Å². The molecule has 1 aromatic heterocycles. The molecule has 0 aliphatic carbocycles. The Morgan fingerprint density at radius 3 is 1.81 bits per heavy atom. The van der Waals surface area contributed by atoms with E-state index in [2.05, 4.69) is 109 Å². The maximum Gasteiger partial charge on any atom is 0.0708 e. The third-order valence-corrected chi connectivity index (χ3v) is 6.43. The van der Waals surface area contributed by atoms with Gasteiger partial charge in [-0.15, -0.1) is 0 Å². The van der Waals surface area contributed by atoms with E-state index in [1.54, 1.807) is 0 Å². The van der Waals surface area contributed by atoms with E-state index in [9.17, 15) is 0 Å². The van der Waals surface area contributed by atoms with Crippen molar-refractivity contribution >= 4 is 10.8 Å². The molecule has 0 aliphatic heterocycles. The first-order valence-corrected chi connectivity index (χ1v) is 11.9. The van der Waals surface area contributed by atoms with Gasteiger partial charge >= 0.3 is 0 Å². The third-order valence-electron chi connectivity index (χ3n) is 6.43. The van der Waals surface area contributed by atoms with Crippen molar-refractivity contribution in [2.45, 2.75) is 66.2 Å². The average Bonchev–Trinajstić information content (AvgIpc) is 2.77. The Hall–Kier alpha value is -2.93. The zero-order valence-electron chi connectivity index (χ0n) is 20.5. The molecule has 1 nitrogen and oxygen atoms in total. The Labute approximate surface area is 193 Å². The predicted molar refractivity (Wildman–Crippen MR) is 140 cm³/mol. The molecule has 1 heterocycles. The lowest BCUT2D eigenvalue weighted by Crippen LogP contribution is -2.04. The Morgan fingerprint density at radius 1 is 0.625 bits per heavy atom. The fraction of sp³-hybridized carbons (Fsp3) is 0.323. The minimum atomic E-state index is 0.462. The van der Waals surface area contributed by atoms with Crippen LogP contribution in [0.25, 0.3) is 33.2 Å². The van der Waals surface area contributed by atoms with Gasteiger partial charge in [0.2, 0.25) is 0 Å². The van der Waals surface area contributed by atoms with Crippen LogP contribution in [0.3, 0.4) is 0 Å². The molecule has 0 atom stereocenters. The topological polar surface area (TPSA) is 12.9 Å². The molecule has 4 rings (SSSR count). The van der Waals surface area contributed by atoms with Gasteiger partial charge in [-0.3, -0.25) is 4.98 Å². The summed E-state index contributed by atoms with van der Waals surface area (Å²) >= 11 is 0. The molecule has 0 fully saturated rings. The molecule has 0 aliphatic rings. The number of hydrogen-bond donors (Lipinski definition) is 0. The van der Waals surface area contributed by atoms with Crippen molar-refractivity contribution in [2.75, 3.05) is 0 Å². The summed E-state index contributed by atoms with van der Waals surface area (Å²) < 4.78 is 0. The molecule has 3 aromatic carbocycles. The van der Waals surface area contributed by atoms with Gasteiger partial charge in [0, 0.05) is 17.1 Å². The normalized spacial score (nSPS) is 11.8. The van der Waals surface area contributed by atoms with Crippen LogP contribution in [0, 0.1) is 6.92 Å². The minimum absolute atomic E-state index is 0.462. The Bertz CT molecular complexity index is 1230. The van der Waals surface area contributed by atoms with Crippen LogP contribution in [-0.2, 0) is 0 Å². The summed E-state index contributed by atoms with van der Waals surface area (Å²) in [5.74, 6) is 1.45. The van der Waals surface area contributed by atoms with Crippen LogP contribution < -0.4 is 0 Å². The second kappa shape index (κ2) is 8.90. The number of benzene rings is 3. The van der Waals surface area contributed by atoms with Gasteiger partial charge in [-0.1, -0.05) is 84.0 Å². The lowest BCUT2D eigenvalue weighted by molar-refractivity contribution is 0.807. The molecule has 0 saturated carbocycles. The molecule has 0 radical (unpaired) electrons. The van der Waals surface area contributed by atoms with Crippen LogP contribution in [0.5, 0.6) is 0 Å². The highest BCUT2D eigenvalue weighted by molar-refractivity contribution is 5.86. The summed E-state index contributed by atoms with van der Waals surface area (Å²) in [5, 5.41) is 2.41. The molecular weight excluding hydrogens is 386 g/mol. The number of aryl methyl sites for hydroxylation is 1. The summed E-state index contributed by atoms with van der Waals surface area (Å²) in [4.78, 5) is 4.81. The van der Waals surface area contributed by atoms with Gasteiger partial charge in [0.25, 0.3) is 0 Å². The van der Waals surface area contributed by atoms with E-state index < -0.39 is 0 Å². The van der Waals surface area contributed by atoms with E-state index in [-0.39, 0.29) is 0 Å². The van der Waals surface area contributed by atoms with Crippen molar-refractivity contribution in [1.82, 2.24) is 4.98 Å². The highest BCUT2D eigenvalue weighted by Crippen LogP contribution is 2.40. The van der Waals surface area contributed by atoms with Crippen LogP contribution in [0.15, 0.2) is 66.9 Å². The first kappa shape index (κ1) is 22.3. The zero-order valence-corrected chi connectivity index (χ0v) is 20.5. The fourth-order valence-electron chi connectivity index (χ4n) is 4.61. The largest absolute Gasteiger partial charge is 0.256 e. The number of aromatic nitrogens is 1. The van der Waals surface area contributed by atoms with Crippen molar-refractivity contribution in [3.8, 4) is 22.4 Å². The van der Waals surface area contributed by atoms with E-state index in [0.717, 1.165) is 5.69 Å². The number of rotatable bonds is 5. The lowest BCUT2D eigenvalue weighted by atomic mass is 9.81. The van der Waals surface area contributed by atoms with Gasteiger partial charge in [0.15, 0.2) is 0 Å². The highest BCUT2D eigenvalue weighted by atomic mass is 14.7. The molecule has 0 N–H and O–H groups in total. The first-order chi connectivity index (χ1) is 15.2. The van der Waals surface area contributed by atoms with Crippen molar-refractivity contribution in [3.05, 3.63) is 89.1 Å². The van der Waals surface area contributed by atoms with E-state index in [1.165, 1.54) is 49.7 Å². The zero-order chi connectivity index (χ0) is 23.0. The molecule has 4 aromatic rings. The maximum absolute atomic E-state index is 4.81. The summed E-state index contributed by atoms with van der Waals surface area (Å²) in [6.07, 6.45) is 1.99. The van der Waals surface area contributed by atoms with Gasteiger partial charge in [-0.05, 0) is 81.6 Å². The maximum atomic E-state index is 4.81. The minimum Gasteiger partial charge on any atom is -0.256 e. The lowest BCUT2D eigenvalue weighted by Gasteiger charge is -2.24. The van der Waals surface area contributed by atoms with Crippen molar-refractivity contribution in [1.29, 1.82) is 0 Å². The number of pyridine rings is 1. The Morgan fingerprint density at radius 2 is 1.22 bits per heavy atom. The molecular formula is C31H35N. The highest BCUT2D eigenvalue weighted by Gasteiger charge is 2.19. The molecule has 0 unspecified atom stereocenters. The van der Waals surface area contributed by atoms with E-state index in [0.29, 0.717) is 17.8 Å². The second-order valence-electron chi connectivity index (χ2n) is 10.0. The van der Waals surface area contributed by atoms with E-state index in [4.69, 9.17) is 4.98 Å². The standard InChI is InChI=1S/C31H35N/c1-19(2)25-15-28(20(3)4)31(29(16-25)21(5)6)27-13-22(7)12-26(14-27)30-17-23-10-8-9-11-24(23)18-32-30/h8-21H,1-7H3. The molecule has 0 amide bonds. The smallest absolute Gasteiger partial charge is 0.0708 e. The average molecular weight is 422 g/mol. The quantitative estimate of drug-likeness (QED) is 0.313. The molecule has 0 bridgehead atoms. The molecule has 32 heavy (non-hydrogen) atoms. The third kappa shape index (κ3) is 4.35. The predicted octanol–water partition coefficient (Wildman–Crippen LogP) is 9.25. The van der Waals surface area contributed by atoms with Crippen molar-refractivity contribution < 1.29 is 0 Å². The van der Waals surface area contributed by atoms with Crippen molar-refractivity contribution in [2.24, 2.45) is 0 Å². The Kier molecular flexibility index (Phi) is 6.20. The van der Waals surface area contributed by atoms with Crippen LogP contribution >= 0.6 is 0 Å². The Balaban J connectivity index is 1.95.